The van der Waals surface area contributed by atoms with Crippen LogP contribution in [0.15, 0.2) is 58.5 Å². The molecule has 3 aromatic carbocycles. The second kappa shape index (κ2) is 6.79. The molecule has 0 saturated heterocycles. The van der Waals surface area contributed by atoms with E-state index in [0.717, 1.165) is 70.8 Å². The zero-order valence-electron chi connectivity index (χ0n) is 16.2. The van der Waals surface area contributed by atoms with Gasteiger partial charge in [0.15, 0.2) is 23.0 Å². The Hall–Kier alpha value is -3.14. The van der Waals surface area contributed by atoms with Crippen LogP contribution in [0.5, 0.6) is 23.0 Å². The van der Waals surface area contributed by atoms with Crippen LogP contribution in [-0.2, 0) is 12.8 Å². The molecule has 0 amide bonds. The van der Waals surface area contributed by atoms with Crippen molar-refractivity contribution in [2.24, 2.45) is 9.98 Å². The fourth-order valence-corrected chi connectivity index (χ4v) is 3.89. The van der Waals surface area contributed by atoms with E-state index in [0.29, 0.717) is 0 Å². The summed E-state index contributed by atoms with van der Waals surface area (Å²) in [4.78, 5) is 9.70. The molecule has 4 nitrogen and oxygen atoms in total. The number of rotatable bonds is 4. The van der Waals surface area contributed by atoms with Gasteiger partial charge in [-0.2, -0.15) is 0 Å². The summed E-state index contributed by atoms with van der Waals surface area (Å²) < 4.78 is 12.3. The van der Waals surface area contributed by atoms with Crippen molar-refractivity contribution in [2.75, 3.05) is 0 Å². The van der Waals surface area contributed by atoms with E-state index in [1.54, 1.807) is 0 Å². The lowest BCUT2D eigenvalue weighted by molar-refractivity contribution is 0.450. The van der Waals surface area contributed by atoms with Crippen LogP contribution in [-0.4, -0.2) is 0 Å². The number of benzene rings is 3. The molecule has 0 spiro atoms. The van der Waals surface area contributed by atoms with Gasteiger partial charge in [0.25, 0.3) is 0 Å². The molecule has 0 bridgehead atoms. The van der Waals surface area contributed by atoms with Gasteiger partial charge in [0.05, 0.1) is 0 Å². The molecule has 0 unspecified atom stereocenters. The smallest absolute Gasteiger partial charge is 0.155 e. The van der Waals surface area contributed by atoms with Crippen LogP contribution in [0.1, 0.15) is 37.8 Å². The topological polar surface area (TPSA) is 43.2 Å². The molecule has 0 radical (unpaired) electrons. The Balaban J connectivity index is 1.68. The molecule has 0 N–H and O–H groups in total. The minimum absolute atomic E-state index is 0.718. The van der Waals surface area contributed by atoms with Crippen molar-refractivity contribution < 1.29 is 9.47 Å². The van der Waals surface area contributed by atoms with Crippen molar-refractivity contribution in [1.82, 2.24) is 0 Å². The number of nitrogens with zero attached hydrogens (tertiary/aromatic N) is 2. The Morgan fingerprint density at radius 1 is 0.714 bits per heavy atom. The third-order valence-electron chi connectivity index (χ3n) is 5.18. The van der Waals surface area contributed by atoms with Crippen LogP contribution in [0.3, 0.4) is 0 Å². The number of para-hydroxylation sites is 2. The summed E-state index contributed by atoms with van der Waals surface area (Å²) in [6.45, 7) is 4.42. The lowest BCUT2D eigenvalue weighted by Crippen LogP contribution is -2.19. The maximum atomic E-state index is 6.24. The van der Waals surface area contributed by atoms with Gasteiger partial charge in [-0.15, -0.1) is 0 Å². The highest BCUT2D eigenvalue weighted by Crippen LogP contribution is 2.40. The number of hydrogen-bond donors (Lipinski definition) is 0. The summed E-state index contributed by atoms with van der Waals surface area (Å²) in [7, 11) is 0. The van der Waals surface area contributed by atoms with Crippen LogP contribution < -0.4 is 20.2 Å². The van der Waals surface area contributed by atoms with Crippen molar-refractivity contribution in [3.05, 3.63) is 70.4 Å². The van der Waals surface area contributed by atoms with Crippen molar-refractivity contribution >= 4 is 11.4 Å². The van der Waals surface area contributed by atoms with Crippen LogP contribution in [0.4, 0.5) is 11.4 Å². The highest BCUT2D eigenvalue weighted by Gasteiger charge is 2.21. The van der Waals surface area contributed by atoms with Crippen molar-refractivity contribution in [3.8, 4) is 23.0 Å². The highest BCUT2D eigenvalue weighted by molar-refractivity contribution is 5.64. The minimum Gasteiger partial charge on any atom is -0.453 e. The first-order valence-corrected chi connectivity index (χ1v) is 9.97. The molecule has 0 aromatic heterocycles. The molecular formula is C24H22N2O2. The van der Waals surface area contributed by atoms with Gasteiger partial charge in [0.2, 0.25) is 0 Å². The number of fused-ring (bicyclic) bond motifs is 4. The maximum Gasteiger partial charge on any atom is 0.155 e. The summed E-state index contributed by atoms with van der Waals surface area (Å²) in [6.07, 6.45) is 4.27. The number of ether oxygens (including phenoxy) is 2. The fraction of sp³-hybridized carbons (Fsp3) is 0.250. The minimum atomic E-state index is 0.718. The second-order valence-electron chi connectivity index (χ2n) is 7.23. The van der Waals surface area contributed by atoms with Crippen LogP contribution in [0, 0.1) is 0 Å². The summed E-state index contributed by atoms with van der Waals surface area (Å²) >= 11 is 0. The van der Waals surface area contributed by atoms with E-state index in [1.807, 2.05) is 42.5 Å². The quantitative estimate of drug-likeness (QED) is 0.407. The first-order valence-electron chi connectivity index (χ1n) is 9.97. The first kappa shape index (κ1) is 17.0. The maximum absolute atomic E-state index is 6.24. The molecular weight excluding hydrogens is 348 g/mol. The zero-order valence-corrected chi connectivity index (χ0v) is 16.2. The van der Waals surface area contributed by atoms with Crippen molar-refractivity contribution in [2.45, 2.75) is 39.5 Å². The van der Waals surface area contributed by atoms with Gasteiger partial charge in [-0.25, -0.2) is 9.98 Å². The van der Waals surface area contributed by atoms with Gasteiger partial charge in [-0.05, 0) is 42.2 Å². The van der Waals surface area contributed by atoms with Crippen LogP contribution in [0.25, 0.3) is 0 Å². The predicted octanol–water partition coefficient (Wildman–Crippen LogP) is 5.71. The van der Waals surface area contributed by atoms with E-state index < -0.39 is 0 Å². The molecule has 5 rings (SSSR count). The average molecular weight is 370 g/mol. The number of aryl methyl sites for hydroxylation is 1. The van der Waals surface area contributed by atoms with Gasteiger partial charge < -0.3 is 9.47 Å². The van der Waals surface area contributed by atoms with Gasteiger partial charge in [-0.1, -0.05) is 44.9 Å². The largest absolute Gasteiger partial charge is 0.453 e. The summed E-state index contributed by atoms with van der Waals surface area (Å²) in [6, 6.07) is 15.9. The Labute approximate surface area is 164 Å². The van der Waals surface area contributed by atoms with Crippen LogP contribution in [0.2, 0.25) is 0 Å². The Morgan fingerprint density at radius 3 is 2.21 bits per heavy atom. The second-order valence-corrected chi connectivity index (χ2v) is 7.23. The molecule has 0 aliphatic carbocycles. The third-order valence-corrected chi connectivity index (χ3v) is 5.18. The monoisotopic (exact) mass is 370 g/mol. The van der Waals surface area contributed by atoms with Gasteiger partial charge in [0.1, 0.15) is 22.1 Å². The summed E-state index contributed by atoms with van der Waals surface area (Å²) in [5, 5.41) is 1.57. The SMILES string of the molecule is CCCc1ccc2c(c1CCC)N=c1cc3c(cc1O2)=Nc1ccccc1O3. The fourth-order valence-electron chi connectivity index (χ4n) is 3.89. The third kappa shape index (κ3) is 2.76. The normalized spacial score (nSPS) is 12.9. The molecule has 140 valence electrons. The molecule has 0 atom stereocenters. The van der Waals surface area contributed by atoms with Gasteiger partial charge >= 0.3 is 0 Å². The molecule has 2 heterocycles. The number of hydrogen-bond acceptors (Lipinski definition) is 4. The molecule has 3 aromatic rings. The molecule has 0 fully saturated rings. The van der Waals surface area contributed by atoms with Gasteiger partial charge in [-0.3, -0.25) is 0 Å². The molecule has 2 aliphatic rings. The average Bonchev–Trinajstić information content (AvgIpc) is 2.71. The Kier molecular flexibility index (Phi) is 4.12. The lowest BCUT2D eigenvalue weighted by Gasteiger charge is -2.21. The molecule has 4 heteroatoms. The van der Waals surface area contributed by atoms with E-state index in [9.17, 15) is 0 Å². The summed E-state index contributed by atoms with van der Waals surface area (Å²) in [5.74, 6) is 3.04. The molecule has 2 aliphatic heterocycles. The van der Waals surface area contributed by atoms with Crippen molar-refractivity contribution in [1.29, 1.82) is 0 Å². The predicted molar refractivity (Wildman–Crippen MR) is 109 cm³/mol. The van der Waals surface area contributed by atoms with Gasteiger partial charge in [0, 0.05) is 12.1 Å². The Bertz CT molecular complexity index is 1200. The van der Waals surface area contributed by atoms with E-state index in [1.165, 1.54) is 11.1 Å². The standard InChI is InChI=1S/C24H22N2O2/c1-3-7-15-11-12-21-24(16(15)8-4-2)26-19-14-22-18(13-23(19)28-21)25-17-9-5-6-10-20(17)27-22/h5-6,9-14H,3-4,7-8H2,1-2H3. The highest BCUT2D eigenvalue weighted by atomic mass is 16.5. The first-order chi connectivity index (χ1) is 13.8. The van der Waals surface area contributed by atoms with Crippen LogP contribution >= 0.6 is 0 Å². The zero-order chi connectivity index (χ0) is 19.1. The Morgan fingerprint density at radius 2 is 1.43 bits per heavy atom. The lowest BCUT2D eigenvalue weighted by atomic mass is 9.97. The molecule has 28 heavy (non-hydrogen) atoms. The summed E-state index contributed by atoms with van der Waals surface area (Å²) in [5.41, 5.74) is 4.48. The van der Waals surface area contributed by atoms with E-state index >= 15 is 0 Å². The van der Waals surface area contributed by atoms with E-state index in [4.69, 9.17) is 19.5 Å². The van der Waals surface area contributed by atoms with E-state index in [-0.39, 0.29) is 0 Å². The van der Waals surface area contributed by atoms with E-state index in [2.05, 4.69) is 19.9 Å². The van der Waals surface area contributed by atoms with Crippen molar-refractivity contribution in [3.63, 3.8) is 0 Å². The molecule has 0 saturated carbocycles.